The van der Waals surface area contributed by atoms with E-state index in [4.69, 9.17) is 16.3 Å². The largest absolute Gasteiger partial charge is 0.484 e. The molecule has 2 aromatic rings. The van der Waals surface area contributed by atoms with Gasteiger partial charge in [-0.3, -0.25) is 14.9 Å². The molecule has 1 heterocycles. The molecule has 1 aromatic carbocycles. The first kappa shape index (κ1) is 15.9. The lowest BCUT2D eigenvalue weighted by Crippen LogP contribution is -2.24. The Labute approximate surface area is 134 Å². The Balaban J connectivity index is 1.78. The minimum atomic E-state index is -0.486. The highest BCUT2D eigenvalue weighted by atomic mass is 35.5. The zero-order valence-electron chi connectivity index (χ0n) is 11.1. The minimum absolute atomic E-state index is 0.0128. The van der Waals surface area contributed by atoms with E-state index in [0.29, 0.717) is 15.6 Å². The zero-order chi connectivity index (χ0) is 15.9. The van der Waals surface area contributed by atoms with Crippen LogP contribution in [0, 0.1) is 10.1 Å². The highest BCUT2D eigenvalue weighted by Crippen LogP contribution is 2.22. The second-order valence-corrected chi connectivity index (χ2v) is 5.50. The summed E-state index contributed by atoms with van der Waals surface area (Å²) in [4.78, 5) is 22.1. The van der Waals surface area contributed by atoms with Crippen molar-refractivity contribution >= 4 is 40.1 Å². The monoisotopic (exact) mass is 339 g/mol. The number of thiophene rings is 1. The average Bonchev–Trinajstić information content (AvgIpc) is 2.96. The van der Waals surface area contributed by atoms with E-state index in [2.05, 4.69) is 10.5 Å². The molecule has 22 heavy (non-hydrogen) atoms. The first-order valence-corrected chi connectivity index (χ1v) is 7.18. The van der Waals surface area contributed by atoms with Crippen LogP contribution < -0.4 is 10.2 Å². The SMILES string of the molecule is O=C(COc1ccc(Cl)cc1)NN=Cc1ccc([N+](=O)[O-])s1. The van der Waals surface area contributed by atoms with Gasteiger partial charge in [-0.15, -0.1) is 0 Å². The van der Waals surface area contributed by atoms with Crippen LogP contribution in [0.2, 0.25) is 5.02 Å². The van der Waals surface area contributed by atoms with Crippen molar-refractivity contribution < 1.29 is 14.5 Å². The van der Waals surface area contributed by atoms with E-state index in [9.17, 15) is 14.9 Å². The van der Waals surface area contributed by atoms with Gasteiger partial charge in [0.05, 0.1) is 16.0 Å². The molecule has 0 bridgehead atoms. The Morgan fingerprint density at radius 3 is 2.73 bits per heavy atom. The number of carbonyl (C=O) groups excluding carboxylic acids is 1. The number of amides is 1. The normalized spacial score (nSPS) is 10.6. The average molecular weight is 340 g/mol. The molecular formula is C13H10ClN3O4S. The number of nitrogens with one attached hydrogen (secondary N) is 1. The third kappa shape index (κ3) is 4.83. The summed E-state index contributed by atoms with van der Waals surface area (Å²) in [5.74, 6) is 0.0645. The molecule has 0 saturated carbocycles. The van der Waals surface area contributed by atoms with Gasteiger partial charge in [0, 0.05) is 11.1 Å². The van der Waals surface area contributed by atoms with Crippen LogP contribution in [0.1, 0.15) is 4.88 Å². The molecule has 1 aromatic heterocycles. The van der Waals surface area contributed by atoms with Crippen molar-refractivity contribution in [3.63, 3.8) is 0 Å². The number of rotatable bonds is 6. The molecule has 1 amide bonds. The molecule has 0 saturated heterocycles. The van der Waals surface area contributed by atoms with Crippen molar-refractivity contribution in [3.8, 4) is 5.75 Å². The molecule has 0 fully saturated rings. The number of nitro groups is 1. The number of hydrogen-bond acceptors (Lipinski definition) is 6. The fourth-order valence-corrected chi connectivity index (χ4v) is 2.21. The molecule has 0 unspecified atom stereocenters. The standard InChI is InChI=1S/C13H10ClN3O4S/c14-9-1-3-10(4-2-9)21-8-12(18)16-15-7-11-5-6-13(22-11)17(19)20/h1-7H,8H2,(H,16,18). The maximum Gasteiger partial charge on any atom is 0.324 e. The van der Waals surface area contributed by atoms with Crippen LogP contribution in [0.4, 0.5) is 5.00 Å². The Hall–Kier alpha value is -2.45. The van der Waals surface area contributed by atoms with Gasteiger partial charge >= 0.3 is 5.00 Å². The minimum Gasteiger partial charge on any atom is -0.484 e. The molecule has 0 aliphatic heterocycles. The van der Waals surface area contributed by atoms with Crippen LogP contribution in [0.5, 0.6) is 5.75 Å². The van der Waals surface area contributed by atoms with Crippen LogP contribution >= 0.6 is 22.9 Å². The summed E-state index contributed by atoms with van der Waals surface area (Å²) in [6, 6.07) is 9.50. The lowest BCUT2D eigenvalue weighted by atomic mass is 10.3. The van der Waals surface area contributed by atoms with E-state index in [0.717, 1.165) is 11.3 Å². The van der Waals surface area contributed by atoms with Crippen molar-refractivity contribution in [1.82, 2.24) is 5.43 Å². The zero-order valence-corrected chi connectivity index (χ0v) is 12.6. The van der Waals surface area contributed by atoms with Crippen molar-refractivity contribution in [2.45, 2.75) is 0 Å². The van der Waals surface area contributed by atoms with Gasteiger partial charge in [0.15, 0.2) is 6.61 Å². The van der Waals surface area contributed by atoms with Crippen LogP contribution in [0.3, 0.4) is 0 Å². The van der Waals surface area contributed by atoms with Gasteiger partial charge in [-0.1, -0.05) is 22.9 Å². The highest BCUT2D eigenvalue weighted by Gasteiger charge is 2.08. The molecule has 0 aliphatic rings. The molecule has 0 radical (unpaired) electrons. The van der Waals surface area contributed by atoms with Gasteiger partial charge in [0.25, 0.3) is 5.91 Å². The third-order valence-corrected chi connectivity index (χ3v) is 3.58. The molecule has 0 spiro atoms. The van der Waals surface area contributed by atoms with Gasteiger partial charge in [-0.2, -0.15) is 5.10 Å². The maximum atomic E-state index is 11.5. The van der Waals surface area contributed by atoms with Crippen molar-refractivity contribution in [2.24, 2.45) is 5.10 Å². The summed E-state index contributed by atoms with van der Waals surface area (Å²) < 4.78 is 5.23. The number of nitrogens with zero attached hydrogens (tertiary/aromatic N) is 2. The number of benzene rings is 1. The van der Waals surface area contributed by atoms with Crippen molar-refractivity contribution in [3.05, 3.63) is 56.4 Å². The van der Waals surface area contributed by atoms with Gasteiger partial charge in [0.2, 0.25) is 0 Å². The predicted molar refractivity (Wildman–Crippen MR) is 83.7 cm³/mol. The van der Waals surface area contributed by atoms with E-state index >= 15 is 0 Å². The van der Waals surface area contributed by atoms with Gasteiger partial charge < -0.3 is 4.74 Å². The number of carbonyl (C=O) groups is 1. The smallest absolute Gasteiger partial charge is 0.324 e. The molecule has 0 aliphatic carbocycles. The highest BCUT2D eigenvalue weighted by molar-refractivity contribution is 7.16. The first-order valence-electron chi connectivity index (χ1n) is 5.99. The van der Waals surface area contributed by atoms with E-state index in [-0.39, 0.29) is 11.6 Å². The quantitative estimate of drug-likeness (QED) is 0.497. The lowest BCUT2D eigenvalue weighted by molar-refractivity contribution is -0.380. The van der Waals surface area contributed by atoms with Crippen LogP contribution in [-0.2, 0) is 4.79 Å². The number of ether oxygens (including phenoxy) is 1. The van der Waals surface area contributed by atoms with Crippen molar-refractivity contribution in [2.75, 3.05) is 6.61 Å². The number of hydrazone groups is 1. The molecule has 7 nitrogen and oxygen atoms in total. The second-order valence-electron chi connectivity index (χ2n) is 3.97. The predicted octanol–water partition coefficient (Wildman–Crippen LogP) is 2.84. The summed E-state index contributed by atoms with van der Waals surface area (Å²) in [6.07, 6.45) is 1.33. The van der Waals surface area contributed by atoms with Gasteiger partial charge in [-0.05, 0) is 30.3 Å². The van der Waals surface area contributed by atoms with E-state index in [1.165, 1.54) is 12.3 Å². The van der Waals surface area contributed by atoms with E-state index < -0.39 is 10.8 Å². The molecule has 9 heteroatoms. The van der Waals surface area contributed by atoms with Crippen LogP contribution in [0.25, 0.3) is 0 Å². The van der Waals surface area contributed by atoms with E-state index in [1.807, 2.05) is 0 Å². The maximum absolute atomic E-state index is 11.5. The Morgan fingerprint density at radius 2 is 2.09 bits per heavy atom. The topological polar surface area (TPSA) is 93.8 Å². The van der Waals surface area contributed by atoms with Crippen LogP contribution in [0.15, 0.2) is 41.5 Å². The summed E-state index contributed by atoms with van der Waals surface area (Å²) in [7, 11) is 0. The summed E-state index contributed by atoms with van der Waals surface area (Å²) in [6.45, 7) is -0.205. The molecular weight excluding hydrogens is 330 g/mol. The fraction of sp³-hybridized carbons (Fsp3) is 0.0769. The van der Waals surface area contributed by atoms with Gasteiger partial charge in [0.1, 0.15) is 5.75 Å². The fourth-order valence-electron chi connectivity index (χ4n) is 1.39. The molecule has 114 valence electrons. The summed E-state index contributed by atoms with van der Waals surface area (Å²) in [5.41, 5.74) is 2.27. The summed E-state index contributed by atoms with van der Waals surface area (Å²) in [5, 5.41) is 14.8. The molecule has 0 atom stereocenters. The van der Waals surface area contributed by atoms with Crippen LogP contribution in [-0.4, -0.2) is 23.7 Å². The molecule has 1 N–H and O–H groups in total. The Morgan fingerprint density at radius 1 is 1.36 bits per heavy atom. The number of halogens is 1. The third-order valence-electron chi connectivity index (χ3n) is 2.36. The second kappa shape index (κ2) is 7.53. The van der Waals surface area contributed by atoms with E-state index in [1.54, 1.807) is 30.3 Å². The Kier molecular flexibility index (Phi) is 5.45. The van der Waals surface area contributed by atoms with Crippen molar-refractivity contribution in [1.29, 1.82) is 0 Å². The van der Waals surface area contributed by atoms with Gasteiger partial charge in [-0.25, -0.2) is 5.43 Å². The lowest BCUT2D eigenvalue weighted by Gasteiger charge is -2.04. The molecule has 2 rings (SSSR count). The summed E-state index contributed by atoms with van der Waals surface area (Å²) >= 11 is 6.69. The number of hydrogen-bond donors (Lipinski definition) is 1. The first-order chi connectivity index (χ1) is 10.5. The Bertz CT molecular complexity index is 700.